The minimum atomic E-state index is -0.385. The lowest BCUT2D eigenvalue weighted by molar-refractivity contribution is -0.118. The maximum Gasteiger partial charge on any atom is 0.241 e. The Morgan fingerprint density at radius 3 is 2.76 bits per heavy atom. The summed E-state index contributed by atoms with van der Waals surface area (Å²) in [5.74, 6) is 0.256. The van der Waals surface area contributed by atoms with Gasteiger partial charge in [0, 0.05) is 11.8 Å². The second-order valence-electron chi connectivity index (χ2n) is 4.69. The lowest BCUT2D eigenvalue weighted by atomic mass is 9.84. The zero-order valence-electron chi connectivity index (χ0n) is 9.99. The van der Waals surface area contributed by atoms with Crippen molar-refractivity contribution in [1.82, 2.24) is 0 Å². The summed E-state index contributed by atoms with van der Waals surface area (Å²) in [4.78, 5) is 12.0. The minimum absolute atomic E-state index is 0.0839. The fourth-order valence-corrected chi connectivity index (χ4v) is 2.39. The molecule has 1 aromatic carbocycles. The van der Waals surface area contributed by atoms with Gasteiger partial charge in [-0.05, 0) is 24.8 Å². The van der Waals surface area contributed by atoms with E-state index in [0.717, 1.165) is 12.8 Å². The van der Waals surface area contributed by atoms with E-state index in [0.29, 0.717) is 11.6 Å². The van der Waals surface area contributed by atoms with Crippen LogP contribution in [0.5, 0.6) is 0 Å². The van der Waals surface area contributed by atoms with Crippen molar-refractivity contribution in [1.29, 1.82) is 0 Å². The molecule has 1 fully saturated rings. The third-order valence-electron chi connectivity index (χ3n) is 3.43. The molecule has 2 rings (SSSR count). The van der Waals surface area contributed by atoms with Crippen molar-refractivity contribution in [2.24, 2.45) is 11.7 Å². The Bertz CT molecular complexity index is 358. The van der Waals surface area contributed by atoms with Crippen molar-refractivity contribution in [3.8, 4) is 0 Å². The molecule has 1 radical (unpaired) electrons. The Hall–Kier alpha value is -1.35. The summed E-state index contributed by atoms with van der Waals surface area (Å²) in [6, 6.07) is 9.93. The summed E-state index contributed by atoms with van der Waals surface area (Å²) in [6.45, 7) is 0. The Kier molecular flexibility index (Phi) is 4.15. The monoisotopic (exact) mass is 231 g/mol. The number of carbonyl (C=O) groups excluding carboxylic acids is 1. The normalized spacial score (nSPS) is 18.6. The lowest BCUT2D eigenvalue weighted by Crippen LogP contribution is -2.42. The fourth-order valence-electron chi connectivity index (χ4n) is 2.39. The summed E-state index contributed by atoms with van der Waals surface area (Å²) in [6.07, 6.45) is 5.82. The van der Waals surface area contributed by atoms with Crippen LogP contribution in [-0.2, 0) is 4.79 Å². The van der Waals surface area contributed by atoms with Gasteiger partial charge in [-0.25, -0.2) is 0 Å². The first-order valence-electron chi connectivity index (χ1n) is 6.30. The van der Waals surface area contributed by atoms with Crippen molar-refractivity contribution in [2.75, 3.05) is 5.32 Å². The molecule has 0 aromatic heterocycles. The van der Waals surface area contributed by atoms with Crippen LogP contribution in [0.1, 0.15) is 32.1 Å². The number of rotatable bonds is 3. The molecule has 0 heterocycles. The van der Waals surface area contributed by atoms with Gasteiger partial charge in [0.1, 0.15) is 0 Å². The Labute approximate surface area is 102 Å². The number of hydrogen-bond donors (Lipinski definition) is 2. The van der Waals surface area contributed by atoms with Gasteiger partial charge in [-0.3, -0.25) is 4.79 Å². The highest BCUT2D eigenvalue weighted by Crippen LogP contribution is 2.26. The largest absolute Gasteiger partial charge is 0.324 e. The molecule has 91 valence electrons. The molecule has 0 bridgehead atoms. The van der Waals surface area contributed by atoms with E-state index in [4.69, 9.17) is 5.73 Å². The molecule has 3 nitrogen and oxygen atoms in total. The summed E-state index contributed by atoms with van der Waals surface area (Å²) < 4.78 is 0. The molecular weight excluding hydrogens is 212 g/mol. The standard InChI is InChI=1S/C14H19N2O/c15-13(11-7-3-1-4-8-11)14(17)16-12-9-5-2-6-10-12/h2,5-6,9,11,13H,1,3-4,7-8,15H2,(H,16,17)/t13-/m0/s1. The van der Waals surface area contributed by atoms with Crippen LogP contribution in [0.25, 0.3) is 0 Å². The van der Waals surface area contributed by atoms with E-state index in [1.54, 1.807) is 6.07 Å². The Morgan fingerprint density at radius 2 is 2.12 bits per heavy atom. The van der Waals surface area contributed by atoms with Gasteiger partial charge in [-0.15, -0.1) is 0 Å². The lowest BCUT2D eigenvalue weighted by Gasteiger charge is -2.26. The van der Waals surface area contributed by atoms with E-state index in [9.17, 15) is 4.79 Å². The average Bonchev–Trinajstić information content (AvgIpc) is 2.40. The topological polar surface area (TPSA) is 55.1 Å². The Morgan fingerprint density at radius 1 is 1.35 bits per heavy atom. The number of para-hydroxylation sites is 1. The molecule has 17 heavy (non-hydrogen) atoms. The highest BCUT2D eigenvalue weighted by molar-refractivity contribution is 5.94. The predicted octanol–water partition coefficient (Wildman–Crippen LogP) is 2.33. The summed E-state index contributed by atoms with van der Waals surface area (Å²) >= 11 is 0. The minimum Gasteiger partial charge on any atom is -0.324 e. The van der Waals surface area contributed by atoms with Gasteiger partial charge in [0.15, 0.2) is 0 Å². The molecule has 0 aliphatic heterocycles. The SMILES string of the molecule is N[C@H](C(=O)Nc1[c]cccc1)C1CCCCC1. The molecule has 1 saturated carbocycles. The predicted molar refractivity (Wildman–Crippen MR) is 68.5 cm³/mol. The van der Waals surface area contributed by atoms with Crippen LogP contribution in [0.2, 0.25) is 0 Å². The maximum absolute atomic E-state index is 12.0. The van der Waals surface area contributed by atoms with E-state index in [-0.39, 0.29) is 11.9 Å². The molecule has 1 aliphatic carbocycles. The highest BCUT2D eigenvalue weighted by atomic mass is 16.2. The van der Waals surface area contributed by atoms with E-state index in [1.807, 2.05) is 18.2 Å². The van der Waals surface area contributed by atoms with Gasteiger partial charge < -0.3 is 11.1 Å². The third-order valence-corrected chi connectivity index (χ3v) is 3.43. The molecule has 0 spiro atoms. The molecule has 1 atom stereocenters. The number of anilines is 1. The second kappa shape index (κ2) is 5.82. The van der Waals surface area contributed by atoms with Crippen LogP contribution in [0.3, 0.4) is 0 Å². The van der Waals surface area contributed by atoms with E-state index >= 15 is 0 Å². The van der Waals surface area contributed by atoms with Gasteiger partial charge in [0.25, 0.3) is 0 Å². The van der Waals surface area contributed by atoms with Crippen LogP contribution in [0.4, 0.5) is 5.69 Å². The van der Waals surface area contributed by atoms with Crippen molar-refractivity contribution < 1.29 is 4.79 Å². The van der Waals surface area contributed by atoms with Crippen LogP contribution in [-0.4, -0.2) is 11.9 Å². The van der Waals surface area contributed by atoms with E-state index in [1.165, 1.54) is 19.3 Å². The first-order chi connectivity index (χ1) is 8.27. The average molecular weight is 231 g/mol. The van der Waals surface area contributed by atoms with Crippen LogP contribution in [0, 0.1) is 12.0 Å². The van der Waals surface area contributed by atoms with Crippen molar-refractivity contribution in [3.63, 3.8) is 0 Å². The number of amides is 1. The van der Waals surface area contributed by atoms with Gasteiger partial charge >= 0.3 is 0 Å². The molecule has 1 aliphatic rings. The zero-order valence-corrected chi connectivity index (χ0v) is 9.99. The third kappa shape index (κ3) is 3.30. The number of nitrogens with one attached hydrogen (secondary N) is 1. The number of benzene rings is 1. The second-order valence-corrected chi connectivity index (χ2v) is 4.69. The first kappa shape index (κ1) is 12.1. The van der Waals surface area contributed by atoms with E-state index in [2.05, 4.69) is 11.4 Å². The number of carbonyl (C=O) groups is 1. The van der Waals surface area contributed by atoms with Crippen LogP contribution in [0.15, 0.2) is 24.3 Å². The van der Waals surface area contributed by atoms with Crippen molar-refractivity contribution >= 4 is 11.6 Å². The maximum atomic E-state index is 12.0. The molecule has 1 aromatic rings. The molecular formula is C14H19N2O. The first-order valence-corrected chi connectivity index (χ1v) is 6.30. The molecule has 3 heteroatoms. The number of nitrogens with two attached hydrogens (primary N) is 1. The smallest absolute Gasteiger partial charge is 0.241 e. The summed E-state index contributed by atoms with van der Waals surface area (Å²) in [5.41, 5.74) is 6.71. The highest BCUT2D eigenvalue weighted by Gasteiger charge is 2.25. The zero-order chi connectivity index (χ0) is 12.1. The molecule has 3 N–H and O–H groups in total. The van der Waals surface area contributed by atoms with Gasteiger partial charge in [0.05, 0.1) is 6.04 Å². The quantitative estimate of drug-likeness (QED) is 0.839. The molecule has 0 saturated heterocycles. The molecule has 0 unspecified atom stereocenters. The summed E-state index contributed by atoms with van der Waals surface area (Å²) in [5, 5.41) is 2.82. The molecule has 1 amide bonds. The summed E-state index contributed by atoms with van der Waals surface area (Å²) in [7, 11) is 0. The van der Waals surface area contributed by atoms with Gasteiger partial charge in [0.2, 0.25) is 5.91 Å². The van der Waals surface area contributed by atoms with Gasteiger partial charge in [-0.1, -0.05) is 37.5 Å². The van der Waals surface area contributed by atoms with Crippen molar-refractivity contribution in [2.45, 2.75) is 38.1 Å². The van der Waals surface area contributed by atoms with Crippen molar-refractivity contribution in [3.05, 3.63) is 30.3 Å². The number of hydrogen-bond acceptors (Lipinski definition) is 2. The Balaban J connectivity index is 1.90. The van der Waals surface area contributed by atoms with Crippen LogP contribution >= 0.6 is 0 Å². The fraction of sp³-hybridized carbons (Fsp3) is 0.500. The van der Waals surface area contributed by atoms with E-state index < -0.39 is 0 Å². The van der Waals surface area contributed by atoms with Gasteiger partial charge in [-0.2, -0.15) is 0 Å². The van der Waals surface area contributed by atoms with Crippen LogP contribution < -0.4 is 11.1 Å².